The predicted octanol–water partition coefficient (Wildman–Crippen LogP) is 3.61. The zero-order valence-corrected chi connectivity index (χ0v) is 15.6. The Morgan fingerprint density at radius 2 is 1.83 bits per heavy atom. The van der Waals surface area contributed by atoms with E-state index in [9.17, 15) is 9.18 Å². The Kier molecular flexibility index (Phi) is 5.61. The molecule has 0 saturated carbocycles. The summed E-state index contributed by atoms with van der Waals surface area (Å²) in [5.41, 5.74) is 0.546. The lowest BCUT2D eigenvalue weighted by Crippen LogP contribution is -2.20. The fourth-order valence-electron chi connectivity index (χ4n) is 2.52. The second-order valence-electron chi connectivity index (χ2n) is 6.07. The number of halogens is 1. The first-order valence-corrected chi connectivity index (χ1v) is 8.96. The van der Waals surface area contributed by atoms with Crippen LogP contribution in [0.15, 0.2) is 79.1 Å². The van der Waals surface area contributed by atoms with Crippen molar-refractivity contribution < 1.29 is 18.7 Å². The van der Waals surface area contributed by atoms with Crippen LogP contribution in [-0.4, -0.2) is 32.5 Å². The largest absolute Gasteiger partial charge is 0.481 e. The SMILES string of the molecule is O=C(COc1ccccc1F)Nc1ccc(Oc2ccc(-n3cccn3)nn2)cc1. The zero-order chi connectivity index (χ0) is 20.8. The number of carbonyl (C=O) groups excluding carboxylic acids is 1. The number of ether oxygens (including phenoxy) is 2. The maximum absolute atomic E-state index is 13.5. The number of anilines is 1. The van der Waals surface area contributed by atoms with Gasteiger partial charge in [-0.15, -0.1) is 10.2 Å². The van der Waals surface area contributed by atoms with Gasteiger partial charge in [0.25, 0.3) is 5.91 Å². The van der Waals surface area contributed by atoms with Gasteiger partial charge in [0, 0.05) is 24.1 Å². The molecule has 2 aromatic heterocycles. The molecule has 0 saturated heterocycles. The number of hydrogen-bond donors (Lipinski definition) is 1. The molecule has 9 heteroatoms. The van der Waals surface area contributed by atoms with Gasteiger partial charge >= 0.3 is 0 Å². The number of amides is 1. The molecule has 4 aromatic rings. The average molecular weight is 405 g/mol. The Balaban J connectivity index is 1.30. The molecule has 0 fully saturated rings. The van der Waals surface area contributed by atoms with Crippen molar-refractivity contribution >= 4 is 11.6 Å². The molecular weight excluding hydrogens is 389 g/mol. The summed E-state index contributed by atoms with van der Waals surface area (Å²) in [5, 5.41) is 14.8. The monoisotopic (exact) mass is 405 g/mol. The summed E-state index contributed by atoms with van der Waals surface area (Å²) in [6, 6.07) is 17.8. The lowest BCUT2D eigenvalue weighted by molar-refractivity contribution is -0.118. The van der Waals surface area contributed by atoms with Crippen molar-refractivity contribution in [1.29, 1.82) is 0 Å². The fourth-order valence-corrected chi connectivity index (χ4v) is 2.52. The second kappa shape index (κ2) is 8.82. The van der Waals surface area contributed by atoms with Crippen molar-refractivity contribution in [3.63, 3.8) is 0 Å². The molecule has 0 aliphatic heterocycles. The molecule has 0 atom stereocenters. The lowest BCUT2D eigenvalue weighted by Gasteiger charge is -2.09. The molecule has 1 amide bonds. The second-order valence-corrected chi connectivity index (χ2v) is 6.07. The summed E-state index contributed by atoms with van der Waals surface area (Å²) in [6.07, 6.45) is 3.41. The van der Waals surface area contributed by atoms with E-state index in [1.807, 2.05) is 0 Å². The first kappa shape index (κ1) is 19.1. The number of para-hydroxylation sites is 1. The molecular formula is C21H16FN5O3. The maximum Gasteiger partial charge on any atom is 0.262 e. The van der Waals surface area contributed by atoms with Gasteiger partial charge in [-0.05, 0) is 48.5 Å². The molecule has 0 unspecified atom stereocenters. The van der Waals surface area contributed by atoms with E-state index in [1.165, 1.54) is 12.1 Å². The number of nitrogens with zero attached hydrogens (tertiary/aromatic N) is 4. The van der Waals surface area contributed by atoms with Gasteiger partial charge in [0.1, 0.15) is 5.75 Å². The molecule has 4 rings (SSSR count). The van der Waals surface area contributed by atoms with Gasteiger partial charge < -0.3 is 14.8 Å². The molecule has 0 aliphatic rings. The summed E-state index contributed by atoms with van der Waals surface area (Å²) in [7, 11) is 0. The summed E-state index contributed by atoms with van der Waals surface area (Å²) in [4.78, 5) is 12.0. The molecule has 150 valence electrons. The molecule has 1 N–H and O–H groups in total. The highest BCUT2D eigenvalue weighted by atomic mass is 19.1. The Bertz CT molecular complexity index is 1120. The molecule has 0 spiro atoms. The van der Waals surface area contributed by atoms with Crippen LogP contribution in [0.1, 0.15) is 0 Å². The third kappa shape index (κ3) is 4.76. The summed E-state index contributed by atoms with van der Waals surface area (Å²) in [6.45, 7) is -0.308. The first-order chi connectivity index (χ1) is 14.7. The summed E-state index contributed by atoms with van der Waals surface area (Å²) < 4.78 is 25.9. The van der Waals surface area contributed by atoms with Gasteiger partial charge in [0.2, 0.25) is 5.88 Å². The van der Waals surface area contributed by atoms with Crippen molar-refractivity contribution in [3.05, 3.63) is 84.9 Å². The van der Waals surface area contributed by atoms with E-state index in [-0.39, 0.29) is 12.4 Å². The van der Waals surface area contributed by atoms with E-state index in [1.54, 1.807) is 71.7 Å². The van der Waals surface area contributed by atoms with Gasteiger partial charge in [-0.25, -0.2) is 9.07 Å². The third-order valence-corrected chi connectivity index (χ3v) is 3.92. The van der Waals surface area contributed by atoms with Crippen LogP contribution in [0, 0.1) is 5.82 Å². The van der Waals surface area contributed by atoms with Gasteiger partial charge in [-0.3, -0.25) is 4.79 Å². The van der Waals surface area contributed by atoms with Crippen molar-refractivity contribution in [2.45, 2.75) is 0 Å². The minimum absolute atomic E-state index is 0.0242. The molecule has 2 aromatic carbocycles. The highest BCUT2D eigenvalue weighted by molar-refractivity contribution is 5.91. The van der Waals surface area contributed by atoms with Crippen molar-refractivity contribution in [1.82, 2.24) is 20.0 Å². The van der Waals surface area contributed by atoms with Crippen LogP contribution in [0.4, 0.5) is 10.1 Å². The molecule has 0 radical (unpaired) electrons. The number of nitrogens with one attached hydrogen (secondary N) is 1. The lowest BCUT2D eigenvalue weighted by atomic mass is 10.3. The average Bonchev–Trinajstić information content (AvgIpc) is 3.30. The van der Waals surface area contributed by atoms with Gasteiger partial charge in [-0.1, -0.05) is 12.1 Å². The summed E-state index contributed by atoms with van der Waals surface area (Å²) in [5.74, 6) is 0.511. The molecule has 8 nitrogen and oxygen atoms in total. The standard InChI is InChI=1S/C21H16FN5O3/c22-17-4-1-2-5-18(17)29-14-20(28)24-15-6-8-16(9-7-15)30-21-11-10-19(25-26-21)27-13-3-12-23-27/h1-13H,14H2,(H,24,28). The predicted molar refractivity (Wildman–Crippen MR) is 106 cm³/mol. The van der Waals surface area contributed by atoms with Crippen LogP contribution in [0.2, 0.25) is 0 Å². The molecule has 0 bridgehead atoms. The van der Waals surface area contributed by atoms with Gasteiger partial charge in [0.05, 0.1) is 0 Å². The fraction of sp³-hybridized carbons (Fsp3) is 0.0476. The van der Waals surface area contributed by atoms with E-state index in [0.29, 0.717) is 23.1 Å². The number of aromatic nitrogens is 4. The highest BCUT2D eigenvalue weighted by Crippen LogP contribution is 2.21. The quantitative estimate of drug-likeness (QED) is 0.505. The number of benzene rings is 2. The zero-order valence-electron chi connectivity index (χ0n) is 15.6. The topological polar surface area (TPSA) is 91.2 Å². The van der Waals surface area contributed by atoms with Crippen molar-refractivity contribution in [3.8, 4) is 23.2 Å². The van der Waals surface area contributed by atoms with E-state index in [4.69, 9.17) is 9.47 Å². The number of rotatable bonds is 7. The minimum Gasteiger partial charge on any atom is -0.481 e. The Morgan fingerprint density at radius 3 is 2.53 bits per heavy atom. The van der Waals surface area contributed by atoms with Crippen LogP contribution in [0.3, 0.4) is 0 Å². The highest BCUT2D eigenvalue weighted by Gasteiger charge is 2.08. The third-order valence-electron chi connectivity index (χ3n) is 3.92. The maximum atomic E-state index is 13.5. The Labute approximate surface area is 170 Å². The first-order valence-electron chi connectivity index (χ1n) is 8.96. The van der Waals surface area contributed by atoms with Crippen molar-refractivity contribution in [2.24, 2.45) is 0 Å². The molecule has 0 aliphatic carbocycles. The van der Waals surface area contributed by atoms with Crippen LogP contribution in [-0.2, 0) is 4.79 Å². The van der Waals surface area contributed by atoms with Crippen LogP contribution in [0.5, 0.6) is 17.4 Å². The number of carbonyl (C=O) groups is 1. The van der Waals surface area contributed by atoms with E-state index in [0.717, 1.165) is 0 Å². The van der Waals surface area contributed by atoms with Crippen LogP contribution in [0.25, 0.3) is 5.82 Å². The van der Waals surface area contributed by atoms with E-state index in [2.05, 4.69) is 20.6 Å². The van der Waals surface area contributed by atoms with Crippen LogP contribution >= 0.6 is 0 Å². The number of hydrogen-bond acceptors (Lipinski definition) is 6. The Morgan fingerprint density at radius 1 is 1.00 bits per heavy atom. The smallest absolute Gasteiger partial charge is 0.262 e. The van der Waals surface area contributed by atoms with E-state index < -0.39 is 11.7 Å². The van der Waals surface area contributed by atoms with Gasteiger partial charge in [0.15, 0.2) is 24.0 Å². The van der Waals surface area contributed by atoms with Crippen molar-refractivity contribution in [2.75, 3.05) is 11.9 Å². The molecule has 30 heavy (non-hydrogen) atoms. The summed E-state index contributed by atoms with van der Waals surface area (Å²) >= 11 is 0. The normalized spacial score (nSPS) is 10.4. The van der Waals surface area contributed by atoms with E-state index >= 15 is 0 Å². The van der Waals surface area contributed by atoms with Crippen LogP contribution < -0.4 is 14.8 Å². The Hall–Kier alpha value is -4.27. The van der Waals surface area contributed by atoms with Gasteiger partial charge in [-0.2, -0.15) is 5.10 Å². The minimum atomic E-state index is -0.521. The molecule has 2 heterocycles.